The summed E-state index contributed by atoms with van der Waals surface area (Å²) in [5.74, 6) is -1.41. The molecule has 1 aromatic rings. The summed E-state index contributed by atoms with van der Waals surface area (Å²) in [7, 11) is -0.969. The van der Waals surface area contributed by atoms with Crippen LogP contribution < -0.4 is 5.32 Å². The Morgan fingerprint density at radius 3 is 2.25 bits per heavy atom. The topological polar surface area (TPSA) is 66.5 Å². The van der Waals surface area contributed by atoms with Crippen molar-refractivity contribution in [2.45, 2.75) is 31.2 Å². The first-order valence-corrected chi connectivity index (χ1v) is 7.44. The van der Waals surface area contributed by atoms with Crippen molar-refractivity contribution in [2.75, 3.05) is 14.1 Å². The Morgan fingerprint density at radius 1 is 1.25 bits per heavy atom. The minimum Gasteiger partial charge on any atom is -0.347 e. The summed E-state index contributed by atoms with van der Waals surface area (Å²) in [6, 6.07) is 3.16. The number of hydrogen-bond acceptors (Lipinski definition) is 3. The molecule has 0 radical (unpaired) electrons. The Hall–Kier alpha value is -1.47. The van der Waals surface area contributed by atoms with Crippen molar-refractivity contribution in [3.63, 3.8) is 0 Å². The highest BCUT2D eigenvalue weighted by Crippen LogP contribution is 2.18. The van der Waals surface area contributed by atoms with Gasteiger partial charge in [-0.25, -0.2) is 17.1 Å². The largest absolute Gasteiger partial charge is 0.347 e. The minimum atomic E-state index is -3.71. The van der Waals surface area contributed by atoms with E-state index >= 15 is 0 Å². The van der Waals surface area contributed by atoms with Crippen molar-refractivity contribution in [3.05, 3.63) is 29.6 Å². The number of amides is 1. The molecule has 0 bridgehead atoms. The number of nitrogens with one attached hydrogen (secondary N) is 1. The third-order valence-electron chi connectivity index (χ3n) is 2.45. The Bertz CT molecular complexity index is 619. The van der Waals surface area contributed by atoms with E-state index in [1.807, 2.05) is 0 Å². The first-order chi connectivity index (χ1) is 8.95. The van der Waals surface area contributed by atoms with E-state index in [-0.39, 0.29) is 10.5 Å². The molecule has 112 valence electrons. The molecule has 1 rings (SSSR count). The second kappa shape index (κ2) is 5.49. The highest BCUT2D eigenvalue weighted by molar-refractivity contribution is 7.89. The second-order valence-corrected chi connectivity index (χ2v) is 7.79. The van der Waals surface area contributed by atoms with Crippen LogP contribution in [0.1, 0.15) is 31.1 Å². The van der Waals surface area contributed by atoms with Crippen LogP contribution in [-0.2, 0) is 10.0 Å². The van der Waals surface area contributed by atoms with Crippen LogP contribution in [0.25, 0.3) is 0 Å². The van der Waals surface area contributed by atoms with E-state index in [4.69, 9.17) is 0 Å². The summed E-state index contributed by atoms with van der Waals surface area (Å²) in [5.41, 5.74) is -0.831. The molecule has 7 heteroatoms. The third-order valence-corrected chi connectivity index (χ3v) is 4.26. The van der Waals surface area contributed by atoms with Crippen LogP contribution >= 0.6 is 0 Å². The third kappa shape index (κ3) is 3.77. The Kier molecular flexibility index (Phi) is 4.55. The molecule has 0 aromatic heterocycles. The molecule has 0 spiro atoms. The lowest BCUT2D eigenvalue weighted by Crippen LogP contribution is -2.41. The summed E-state index contributed by atoms with van der Waals surface area (Å²) in [6.07, 6.45) is 0. The van der Waals surface area contributed by atoms with Gasteiger partial charge in [0.25, 0.3) is 5.91 Å². The molecular formula is C13H19FN2O3S. The number of carbonyl (C=O) groups excluding carboxylic acids is 1. The standard InChI is InChI=1S/C13H19FN2O3S/c1-13(2,3)15-12(17)10-8-9(6-7-11(10)14)20(18,19)16(4)5/h6-8H,1-5H3,(H,15,17). The van der Waals surface area contributed by atoms with Crippen molar-refractivity contribution in [1.29, 1.82) is 0 Å². The van der Waals surface area contributed by atoms with Gasteiger partial charge in [-0.3, -0.25) is 4.79 Å². The fraction of sp³-hybridized carbons (Fsp3) is 0.462. The Labute approximate surface area is 118 Å². The van der Waals surface area contributed by atoms with E-state index < -0.39 is 27.3 Å². The predicted octanol–water partition coefficient (Wildman–Crippen LogP) is 1.60. The van der Waals surface area contributed by atoms with E-state index in [9.17, 15) is 17.6 Å². The first kappa shape index (κ1) is 16.6. The molecule has 0 aliphatic carbocycles. The average Bonchev–Trinajstić information content (AvgIpc) is 2.26. The number of carbonyl (C=O) groups is 1. The van der Waals surface area contributed by atoms with Crippen molar-refractivity contribution < 1.29 is 17.6 Å². The maximum Gasteiger partial charge on any atom is 0.254 e. The maximum absolute atomic E-state index is 13.7. The van der Waals surface area contributed by atoms with Crippen molar-refractivity contribution in [1.82, 2.24) is 9.62 Å². The normalized spacial score (nSPS) is 12.6. The lowest BCUT2D eigenvalue weighted by Gasteiger charge is -2.21. The monoisotopic (exact) mass is 302 g/mol. The molecule has 0 unspecified atom stereocenters. The van der Waals surface area contributed by atoms with Gasteiger partial charge in [-0.15, -0.1) is 0 Å². The molecule has 0 aliphatic heterocycles. The van der Waals surface area contributed by atoms with Crippen molar-refractivity contribution in [3.8, 4) is 0 Å². The van der Waals surface area contributed by atoms with Gasteiger partial charge in [-0.05, 0) is 39.0 Å². The Balaban J connectivity index is 3.27. The molecule has 0 heterocycles. The van der Waals surface area contributed by atoms with E-state index in [0.29, 0.717) is 0 Å². The molecule has 1 aromatic carbocycles. The molecule has 1 amide bonds. The fourth-order valence-electron chi connectivity index (χ4n) is 1.46. The van der Waals surface area contributed by atoms with Crippen LogP contribution in [0.3, 0.4) is 0 Å². The molecule has 0 aliphatic rings. The Morgan fingerprint density at radius 2 is 1.80 bits per heavy atom. The SMILES string of the molecule is CN(C)S(=O)(=O)c1ccc(F)c(C(=O)NC(C)(C)C)c1. The van der Waals surface area contributed by atoms with E-state index in [1.165, 1.54) is 14.1 Å². The van der Waals surface area contributed by atoms with Crippen LogP contribution in [0.15, 0.2) is 23.1 Å². The quantitative estimate of drug-likeness (QED) is 0.922. The number of nitrogens with zero attached hydrogens (tertiary/aromatic N) is 1. The number of benzene rings is 1. The summed E-state index contributed by atoms with van der Waals surface area (Å²) in [5, 5.41) is 2.60. The predicted molar refractivity (Wildman–Crippen MR) is 74.5 cm³/mol. The van der Waals surface area contributed by atoms with Crippen LogP contribution in [-0.4, -0.2) is 38.3 Å². The highest BCUT2D eigenvalue weighted by atomic mass is 32.2. The molecule has 5 nitrogen and oxygen atoms in total. The zero-order valence-electron chi connectivity index (χ0n) is 12.2. The minimum absolute atomic E-state index is 0.122. The maximum atomic E-state index is 13.7. The van der Waals surface area contributed by atoms with Gasteiger partial charge in [0.1, 0.15) is 5.82 Å². The smallest absolute Gasteiger partial charge is 0.254 e. The van der Waals surface area contributed by atoms with Crippen LogP contribution in [0.5, 0.6) is 0 Å². The van der Waals surface area contributed by atoms with Gasteiger partial charge in [0.05, 0.1) is 10.5 Å². The van der Waals surface area contributed by atoms with Gasteiger partial charge >= 0.3 is 0 Å². The van der Waals surface area contributed by atoms with Gasteiger partial charge in [0.15, 0.2) is 0 Å². The van der Waals surface area contributed by atoms with Crippen molar-refractivity contribution in [2.24, 2.45) is 0 Å². The van der Waals surface area contributed by atoms with Gasteiger partial charge in [-0.1, -0.05) is 0 Å². The second-order valence-electron chi connectivity index (χ2n) is 5.63. The van der Waals surface area contributed by atoms with E-state index in [1.54, 1.807) is 20.8 Å². The summed E-state index contributed by atoms with van der Waals surface area (Å²) < 4.78 is 38.7. The number of sulfonamides is 1. The zero-order chi connectivity index (χ0) is 15.7. The van der Waals surface area contributed by atoms with E-state index in [2.05, 4.69) is 5.32 Å². The zero-order valence-corrected chi connectivity index (χ0v) is 13.0. The highest BCUT2D eigenvalue weighted by Gasteiger charge is 2.23. The summed E-state index contributed by atoms with van der Waals surface area (Å²) in [6.45, 7) is 5.26. The van der Waals surface area contributed by atoms with Gasteiger partial charge in [0.2, 0.25) is 10.0 Å². The molecule has 0 saturated carbocycles. The molecule has 20 heavy (non-hydrogen) atoms. The summed E-state index contributed by atoms with van der Waals surface area (Å²) in [4.78, 5) is 11.8. The van der Waals surface area contributed by atoms with Crippen molar-refractivity contribution >= 4 is 15.9 Å². The van der Waals surface area contributed by atoms with Gasteiger partial charge in [0, 0.05) is 19.6 Å². The van der Waals surface area contributed by atoms with E-state index in [0.717, 1.165) is 22.5 Å². The average molecular weight is 302 g/mol. The number of rotatable bonds is 3. The number of hydrogen-bond donors (Lipinski definition) is 1. The van der Waals surface area contributed by atoms with Crippen LogP contribution in [0.2, 0.25) is 0 Å². The molecular weight excluding hydrogens is 283 g/mol. The van der Waals surface area contributed by atoms with Gasteiger partial charge < -0.3 is 5.32 Å². The molecule has 0 saturated heterocycles. The lowest BCUT2D eigenvalue weighted by molar-refractivity contribution is 0.0915. The fourth-order valence-corrected chi connectivity index (χ4v) is 2.39. The van der Waals surface area contributed by atoms with Gasteiger partial charge in [-0.2, -0.15) is 0 Å². The summed E-state index contributed by atoms with van der Waals surface area (Å²) >= 11 is 0. The molecule has 1 N–H and O–H groups in total. The molecule has 0 atom stereocenters. The molecule has 0 fully saturated rings. The first-order valence-electron chi connectivity index (χ1n) is 6.00. The van der Waals surface area contributed by atoms with Crippen LogP contribution in [0, 0.1) is 5.82 Å². The number of halogens is 1. The lowest BCUT2D eigenvalue weighted by atomic mass is 10.1. The van der Waals surface area contributed by atoms with Crippen LogP contribution in [0.4, 0.5) is 4.39 Å².